The summed E-state index contributed by atoms with van der Waals surface area (Å²) in [6, 6.07) is 0.809. The second-order valence-electron chi connectivity index (χ2n) is 2.80. The van der Waals surface area contributed by atoms with Gasteiger partial charge in [0, 0.05) is 11.6 Å². The van der Waals surface area contributed by atoms with Crippen LogP contribution in [0.1, 0.15) is 18.9 Å². The van der Waals surface area contributed by atoms with Crippen molar-refractivity contribution in [2.75, 3.05) is 5.73 Å². The molecule has 0 aromatic heterocycles. The Morgan fingerprint density at radius 1 is 1.23 bits per heavy atom. The lowest BCUT2D eigenvalue weighted by Crippen LogP contribution is -2.03. The first kappa shape index (κ1) is 9.89. The molecule has 0 aliphatic rings. The molecular weight excluding hydrogens is 179 g/mol. The molecular formula is C9H10F3N. The smallest absolute Gasteiger partial charge is 0.182 e. The fourth-order valence-electron chi connectivity index (χ4n) is 1.13. The fraction of sp³-hybridized carbons (Fsp3) is 0.333. The van der Waals surface area contributed by atoms with Gasteiger partial charge in [-0.1, -0.05) is 13.3 Å². The maximum absolute atomic E-state index is 13.0. The molecule has 1 rings (SSSR count). The molecule has 0 saturated carbocycles. The first-order valence-corrected chi connectivity index (χ1v) is 3.99. The Morgan fingerprint density at radius 3 is 2.38 bits per heavy atom. The Kier molecular flexibility index (Phi) is 2.80. The fourth-order valence-corrected chi connectivity index (χ4v) is 1.13. The average molecular weight is 189 g/mol. The van der Waals surface area contributed by atoms with Crippen LogP contribution < -0.4 is 5.73 Å². The molecule has 0 atom stereocenters. The lowest BCUT2D eigenvalue weighted by atomic mass is 10.1. The highest BCUT2D eigenvalue weighted by Crippen LogP contribution is 2.22. The third kappa shape index (κ3) is 1.76. The number of hydrogen-bond acceptors (Lipinski definition) is 1. The molecule has 1 aromatic carbocycles. The van der Waals surface area contributed by atoms with Crippen molar-refractivity contribution < 1.29 is 13.2 Å². The van der Waals surface area contributed by atoms with Crippen LogP contribution in [0, 0.1) is 17.5 Å². The van der Waals surface area contributed by atoms with E-state index in [-0.39, 0.29) is 12.0 Å². The van der Waals surface area contributed by atoms with Crippen LogP contribution in [0.5, 0.6) is 0 Å². The molecule has 0 bridgehead atoms. The van der Waals surface area contributed by atoms with Gasteiger partial charge in [0.15, 0.2) is 11.6 Å². The zero-order valence-electron chi connectivity index (χ0n) is 7.20. The topological polar surface area (TPSA) is 26.0 Å². The van der Waals surface area contributed by atoms with E-state index < -0.39 is 23.1 Å². The quantitative estimate of drug-likeness (QED) is 0.561. The number of nitrogens with two attached hydrogens (primary N) is 1. The summed E-state index contributed by atoms with van der Waals surface area (Å²) in [4.78, 5) is 0. The summed E-state index contributed by atoms with van der Waals surface area (Å²) in [5, 5.41) is 0. The highest BCUT2D eigenvalue weighted by molar-refractivity contribution is 5.43. The molecule has 0 radical (unpaired) electrons. The third-order valence-corrected chi connectivity index (χ3v) is 1.78. The molecule has 0 aliphatic carbocycles. The molecule has 0 heterocycles. The molecule has 0 saturated heterocycles. The number of benzene rings is 1. The Balaban J connectivity index is 3.26. The highest BCUT2D eigenvalue weighted by Gasteiger charge is 2.15. The van der Waals surface area contributed by atoms with Crippen molar-refractivity contribution in [3.8, 4) is 0 Å². The van der Waals surface area contributed by atoms with Crippen molar-refractivity contribution in [2.24, 2.45) is 0 Å². The van der Waals surface area contributed by atoms with Gasteiger partial charge in [0.05, 0.1) is 5.69 Å². The third-order valence-electron chi connectivity index (χ3n) is 1.78. The minimum Gasteiger partial charge on any atom is -0.396 e. The summed E-state index contributed by atoms with van der Waals surface area (Å²) in [5.74, 6) is -3.11. The van der Waals surface area contributed by atoms with Crippen LogP contribution in [0.4, 0.5) is 18.9 Å². The molecule has 1 nitrogen and oxygen atoms in total. The van der Waals surface area contributed by atoms with Crippen LogP contribution in [0.3, 0.4) is 0 Å². The molecule has 0 unspecified atom stereocenters. The zero-order valence-corrected chi connectivity index (χ0v) is 7.20. The van der Waals surface area contributed by atoms with Crippen molar-refractivity contribution in [1.29, 1.82) is 0 Å². The molecule has 0 amide bonds. The summed E-state index contributed by atoms with van der Waals surface area (Å²) in [5.41, 5.74) is 4.31. The number of hydrogen-bond donors (Lipinski definition) is 1. The molecule has 0 spiro atoms. The summed E-state index contributed by atoms with van der Waals surface area (Å²) < 4.78 is 38.8. The maximum Gasteiger partial charge on any atom is 0.182 e. The lowest BCUT2D eigenvalue weighted by Gasteiger charge is -2.05. The predicted molar refractivity (Wildman–Crippen MR) is 44.7 cm³/mol. The summed E-state index contributed by atoms with van der Waals surface area (Å²) in [6.07, 6.45) is 0.728. The van der Waals surface area contributed by atoms with Crippen LogP contribution >= 0.6 is 0 Å². The number of anilines is 1. The van der Waals surface area contributed by atoms with Gasteiger partial charge in [0.2, 0.25) is 0 Å². The normalized spacial score (nSPS) is 10.5. The van der Waals surface area contributed by atoms with E-state index in [1.54, 1.807) is 6.92 Å². The van der Waals surface area contributed by atoms with Crippen molar-refractivity contribution in [1.82, 2.24) is 0 Å². The van der Waals surface area contributed by atoms with Gasteiger partial charge < -0.3 is 5.73 Å². The van der Waals surface area contributed by atoms with Crippen molar-refractivity contribution in [3.63, 3.8) is 0 Å². The molecule has 13 heavy (non-hydrogen) atoms. The van der Waals surface area contributed by atoms with Gasteiger partial charge in [-0.25, -0.2) is 13.2 Å². The van der Waals surface area contributed by atoms with Gasteiger partial charge in [-0.15, -0.1) is 0 Å². The van der Waals surface area contributed by atoms with E-state index in [9.17, 15) is 13.2 Å². The van der Waals surface area contributed by atoms with Crippen LogP contribution in [-0.2, 0) is 6.42 Å². The summed E-state index contributed by atoms with van der Waals surface area (Å²) in [7, 11) is 0. The monoisotopic (exact) mass is 189 g/mol. The van der Waals surface area contributed by atoms with Gasteiger partial charge >= 0.3 is 0 Å². The lowest BCUT2D eigenvalue weighted by molar-refractivity contribution is 0.482. The Labute approximate surface area is 74.4 Å². The van der Waals surface area contributed by atoms with Crippen molar-refractivity contribution in [2.45, 2.75) is 19.8 Å². The Hall–Kier alpha value is -1.19. The summed E-state index contributed by atoms with van der Waals surface area (Å²) in [6.45, 7) is 1.76. The van der Waals surface area contributed by atoms with Gasteiger partial charge in [-0.05, 0) is 6.42 Å². The van der Waals surface area contributed by atoms with Crippen molar-refractivity contribution in [3.05, 3.63) is 29.1 Å². The van der Waals surface area contributed by atoms with Gasteiger partial charge in [0.1, 0.15) is 5.82 Å². The van der Waals surface area contributed by atoms with Crippen molar-refractivity contribution >= 4 is 5.69 Å². The largest absolute Gasteiger partial charge is 0.396 e. The average Bonchev–Trinajstić information content (AvgIpc) is 2.09. The maximum atomic E-state index is 13.0. The van der Waals surface area contributed by atoms with Gasteiger partial charge in [-0.2, -0.15) is 0 Å². The molecule has 2 N–H and O–H groups in total. The highest BCUT2D eigenvalue weighted by atomic mass is 19.2. The molecule has 72 valence electrons. The Morgan fingerprint density at radius 2 is 1.85 bits per heavy atom. The number of nitrogen functional groups attached to an aromatic ring is 1. The van der Waals surface area contributed by atoms with E-state index in [1.165, 1.54) is 0 Å². The predicted octanol–water partition coefficient (Wildman–Crippen LogP) is 2.64. The molecule has 1 aromatic rings. The molecule has 0 aliphatic heterocycles. The van der Waals surface area contributed by atoms with Crippen LogP contribution in [0.25, 0.3) is 0 Å². The second-order valence-corrected chi connectivity index (χ2v) is 2.80. The summed E-state index contributed by atoms with van der Waals surface area (Å²) >= 11 is 0. The van der Waals surface area contributed by atoms with Gasteiger partial charge in [0.25, 0.3) is 0 Å². The second kappa shape index (κ2) is 3.68. The van der Waals surface area contributed by atoms with E-state index in [0.29, 0.717) is 6.42 Å². The van der Waals surface area contributed by atoms with Crippen LogP contribution in [0.2, 0.25) is 0 Å². The van der Waals surface area contributed by atoms with E-state index in [1.807, 2.05) is 0 Å². The van der Waals surface area contributed by atoms with E-state index in [2.05, 4.69) is 0 Å². The Bertz CT molecular complexity index is 323. The SMILES string of the molecule is CCCc1c(F)cc(N)c(F)c1F. The number of halogens is 3. The standard InChI is InChI=1S/C9H10F3N/c1-2-3-5-6(10)4-7(13)9(12)8(5)11/h4H,2-3,13H2,1H3. The van der Waals surface area contributed by atoms with Crippen LogP contribution in [0.15, 0.2) is 6.07 Å². The molecule has 0 fully saturated rings. The first-order chi connectivity index (χ1) is 6.07. The zero-order chi connectivity index (χ0) is 10.0. The minimum atomic E-state index is -1.17. The van der Waals surface area contributed by atoms with E-state index in [4.69, 9.17) is 5.73 Å². The van der Waals surface area contributed by atoms with Gasteiger partial charge in [-0.3, -0.25) is 0 Å². The van der Waals surface area contributed by atoms with E-state index in [0.717, 1.165) is 6.07 Å². The minimum absolute atomic E-state index is 0.175. The first-order valence-electron chi connectivity index (χ1n) is 3.99. The molecule has 4 heteroatoms. The van der Waals surface area contributed by atoms with E-state index >= 15 is 0 Å². The van der Waals surface area contributed by atoms with Crippen LogP contribution in [-0.4, -0.2) is 0 Å². The number of rotatable bonds is 2.